The fourth-order valence-corrected chi connectivity index (χ4v) is 8.76. The van der Waals surface area contributed by atoms with Crippen molar-refractivity contribution in [3.63, 3.8) is 0 Å². The Balaban J connectivity index is 1.15. The molecule has 346 valence electrons. The van der Waals surface area contributed by atoms with E-state index in [4.69, 9.17) is 47.4 Å². The summed E-state index contributed by atoms with van der Waals surface area (Å²) < 4.78 is 63.2. The van der Waals surface area contributed by atoms with Gasteiger partial charge < -0.3 is 57.6 Å². The number of benzene rings is 4. The van der Waals surface area contributed by atoms with Crippen LogP contribution in [-0.4, -0.2) is 102 Å². The fourth-order valence-electron chi connectivity index (χ4n) is 8.18. The van der Waals surface area contributed by atoms with Gasteiger partial charge in [-0.1, -0.05) is 147 Å². The first-order valence-electron chi connectivity index (χ1n) is 22.3. The van der Waals surface area contributed by atoms with Gasteiger partial charge in [0.2, 0.25) is 0 Å². The predicted octanol–water partition coefficient (Wildman–Crippen LogP) is 7.73. The predicted molar refractivity (Wildman–Crippen MR) is 244 cm³/mol. The molecular formula is C50H61IO13. The van der Waals surface area contributed by atoms with E-state index in [1.807, 2.05) is 144 Å². The van der Waals surface area contributed by atoms with Gasteiger partial charge in [-0.2, -0.15) is 0 Å². The Morgan fingerprint density at radius 2 is 1.17 bits per heavy atom. The molecule has 13 nitrogen and oxygen atoms in total. The van der Waals surface area contributed by atoms with E-state index < -0.39 is 71.8 Å². The zero-order valence-electron chi connectivity index (χ0n) is 36.2. The third-order valence-corrected chi connectivity index (χ3v) is 12.3. The first kappa shape index (κ1) is 48.6. The van der Waals surface area contributed by atoms with Crippen LogP contribution in [0.3, 0.4) is 0 Å². The molecule has 0 amide bonds. The fraction of sp³-hybridized carbons (Fsp3) is 0.500. The number of carbonyl (C=O) groups excluding carboxylic acids is 1. The average molecular weight is 997 g/mol. The van der Waals surface area contributed by atoms with Gasteiger partial charge in [0.1, 0.15) is 52.9 Å². The number of unbranched alkanes of at least 4 members (excludes halogenated alkanes) is 5. The van der Waals surface area contributed by atoms with Gasteiger partial charge in [0.25, 0.3) is 0 Å². The number of halogens is 1. The quantitative estimate of drug-likeness (QED) is 0.0324. The van der Waals surface area contributed by atoms with Crippen LogP contribution in [0.25, 0.3) is 0 Å². The molecule has 3 saturated heterocycles. The molecule has 4 aromatic rings. The minimum atomic E-state index is -1.26. The molecule has 7 rings (SSSR count). The number of methoxy groups -OCH3 is 1. The monoisotopic (exact) mass is 996 g/mol. The van der Waals surface area contributed by atoms with E-state index in [0.717, 1.165) is 60.8 Å². The number of alkyl halides is 1. The lowest BCUT2D eigenvalue weighted by atomic mass is 9.96. The lowest BCUT2D eigenvalue weighted by Crippen LogP contribution is -2.67. The SMILES string of the molecule is COC(=O)CCCCCCCCO[C@H]1O[C@@H]2COC(c3ccccc3)O[C@H]2[C@H](O)[C@H]1O[C@H]1O[C@H](C(O)I)[C@@H](OCc2ccccc2)[C@H](OCc2ccccc2)[C@H]1OCc1ccccc1. The summed E-state index contributed by atoms with van der Waals surface area (Å²) in [6.45, 7) is 1.10. The van der Waals surface area contributed by atoms with Crippen LogP contribution in [0.1, 0.15) is 73.5 Å². The highest BCUT2D eigenvalue weighted by molar-refractivity contribution is 14.1. The van der Waals surface area contributed by atoms with Crippen LogP contribution >= 0.6 is 22.6 Å². The lowest BCUT2D eigenvalue weighted by molar-refractivity contribution is -0.398. The average Bonchev–Trinajstić information content (AvgIpc) is 3.33. The maximum Gasteiger partial charge on any atom is 0.305 e. The smallest absolute Gasteiger partial charge is 0.305 e. The third-order valence-electron chi connectivity index (χ3n) is 11.6. The Kier molecular flexibility index (Phi) is 19.4. The van der Waals surface area contributed by atoms with Crippen molar-refractivity contribution >= 4 is 28.6 Å². The summed E-state index contributed by atoms with van der Waals surface area (Å²) in [6, 6.07) is 38.9. The number of aliphatic hydroxyl groups excluding tert-OH is 2. The highest BCUT2D eigenvalue weighted by Gasteiger charge is 2.56. The summed E-state index contributed by atoms with van der Waals surface area (Å²) >= 11 is 1.93. The van der Waals surface area contributed by atoms with Gasteiger partial charge in [0.05, 0.1) is 33.5 Å². The van der Waals surface area contributed by atoms with Crippen molar-refractivity contribution in [2.75, 3.05) is 20.3 Å². The summed E-state index contributed by atoms with van der Waals surface area (Å²) in [5, 5.41) is 23.8. The summed E-state index contributed by atoms with van der Waals surface area (Å²) in [5.41, 5.74) is 3.59. The molecule has 3 fully saturated rings. The second-order valence-electron chi connectivity index (χ2n) is 16.3. The zero-order chi connectivity index (χ0) is 44.5. The van der Waals surface area contributed by atoms with Crippen molar-refractivity contribution in [2.45, 2.75) is 137 Å². The van der Waals surface area contributed by atoms with Crippen molar-refractivity contribution < 1.29 is 62.4 Å². The molecule has 2 N–H and O–H groups in total. The Hall–Kier alpha value is -3.36. The van der Waals surface area contributed by atoms with E-state index in [2.05, 4.69) is 0 Å². The molecule has 3 aliphatic rings. The van der Waals surface area contributed by atoms with Crippen LogP contribution < -0.4 is 0 Å². The van der Waals surface area contributed by atoms with Crippen molar-refractivity contribution in [2.24, 2.45) is 0 Å². The standard InChI is InChI=1S/C50H61IO13/c1-55-39(52)28-18-4-2-3-5-19-29-56-49-42(40(53)41-38(61-49)33-60-48(62-41)37-26-16-9-17-27-37)63-50-46(59-32-36-24-14-8-15-25-36)44(58-31-35-22-12-7-13-23-35)43(45(64-50)47(51)54)57-30-34-20-10-6-11-21-34/h6-17,20-27,38,40-50,53-54H,2-5,18-19,28-33H2,1H3/t38-,40+,41-,42-,43+,44+,45+,46-,47?,48?,49+,50+/m1/s1. The number of carbonyl (C=O) groups is 1. The van der Waals surface area contributed by atoms with Gasteiger partial charge in [-0.15, -0.1) is 0 Å². The number of fused-ring (bicyclic) bond motifs is 1. The van der Waals surface area contributed by atoms with Crippen LogP contribution in [0, 0.1) is 0 Å². The minimum absolute atomic E-state index is 0.154. The van der Waals surface area contributed by atoms with Crippen LogP contribution in [0.4, 0.5) is 0 Å². The molecule has 0 bridgehead atoms. The van der Waals surface area contributed by atoms with Crippen molar-refractivity contribution in [1.82, 2.24) is 0 Å². The first-order chi connectivity index (χ1) is 31.4. The van der Waals surface area contributed by atoms with Crippen molar-refractivity contribution in [3.8, 4) is 0 Å². The summed E-state index contributed by atoms with van der Waals surface area (Å²) in [6.07, 6.45) is -4.68. The molecule has 0 aromatic heterocycles. The Morgan fingerprint density at radius 3 is 1.75 bits per heavy atom. The van der Waals surface area contributed by atoms with Gasteiger partial charge in [0, 0.05) is 18.6 Å². The summed E-state index contributed by atoms with van der Waals surface area (Å²) in [5.74, 6) is -0.188. The maximum atomic E-state index is 12.4. The number of aliphatic hydroxyl groups is 2. The van der Waals surface area contributed by atoms with E-state index in [1.54, 1.807) is 0 Å². The van der Waals surface area contributed by atoms with E-state index >= 15 is 0 Å². The molecule has 3 aliphatic heterocycles. The van der Waals surface area contributed by atoms with Gasteiger partial charge in [-0.3, -0.25) is 4.79 Å². The summed E-state index contributed by atoms with van der Waals surface area (Å²) in [4.78, 5) is 11.5. The second kappa shape index (κ2) is 25.5. The largest absolute Gasteiger partial charge is 0.469 e. The van der Waals surface area contributed by atoms with E-state index in [9.17, 15) is 15.0 Å². The molecule has 0 radical (unpaired) electrons. The first-order valence-corrected chi connectivity index (χ1v) is 23.6. The second-order valence-corrected chi connectivity index (χ2v) is 17.5. The van der Waals surface area contributed by atoms with E-state index in [1.165, 1.54) is 7.11 Å². The topological polar surface area (TPSA) is 150 Å². The Morgan fingerprint density at radius 1 is 0.641 bits per heavy atom. The molecule has 64 heavy (non-hydrogen) atoms. The molecule has 14 heteroatoms. The normalized spacial score (nSPS) is 28.5. The number of hydrogen-bond donors (Lipinski definition) is 2. The number of rotatable bonds is 23. The number of ether oxygens (including phenoxy) is 10. The molecular weight excluding hydrogens is 935 g/mol. The van der Waals surface area contributed by atoms with Gasteiger partial charge in [0.15, 0.2) is 18.9 Å². The highest BCUT2D eigenvalue weighted by Crippen LogP contribution is 2.39. The van der Waals surface area contributed by atoms with E-state index in [-0.39, 0.29) is 32.4 Å². The number of esters is 1. The zero-order valence-corrected chi connectivity index (χ0v) is 38.4. The molecule has 3 heterocycles. The minimum Gasteiger partial charge on any atom is -0.469 e. The highest BCUT2D eigenvalue weighted by atomic mass is 127. The Bertz CT molecular complexity index is 1910. The lowest BCUT2D eigenvalue weighted by Gasteiger charge is -2.50. The maximum absolute atomic E-state index is 12.4. The molecule has 4 aromatic carbocycles. The molecule has 0 spiro atoms. The molecule has 0 aliphatic carbocycles. The van der Waals surface area contributed by atoms with Gasteiger partial charge in [-0.05, 0) is 52.1 Å². The molecule has 12 atom stereocenters. The third kappa shape index (κ3) is 13.8. The van der Waals surface area contributed by atoms with Crippen LogP contribution in [0.2, 0.25) is 0 Å². The van der Waals surface area contributed by atoms with E-state index in [0.29, 0.717) is 13.0 Å². The summed E-state index contributed by atoms with van der Waals surface area (Å²) in [7, 11) is 1.41. The van der Waals surface area contributed by atoms with Crippen LogP contribution in [0.15, 0.2) is 121 Å². The van der Waals surface area contributed by atoms with Crippen LogP contribution in [-0.2, 0) is 72.0 Å². The molecule has 0 saturated carbocycles. The van der Waals surface area contributed by atoms with Crippen LogP contribution in [0.5, 0.6) is 0 Å². The van der Waals surface area contributed by atoms with Gasteiger partial charge >= 0.3 is 5.97 Å². The van der Waals surface area contributed by atoms with Crippen molar-refractivity contribution in [1.29, 1.82) is 0 Å². The number of hydrogen-bond acceptors (Lipinski definition) is 13. The Labute approximate surface area is 389 Å². The van der Waals surface area contributed by atoms with Gasteiger partial charge in [-0.25, -0.2) is 0 Å². The van der Waals surface area contributed by atoms with Crippen molar-refractivity contribution in [3.05, 3.63) is 144 Å². The molecule has 2 unspecified atom stereocenters.